The highest BCUT2D eigenvalue weighted by Gasteiger charge is 2.16. The Labute approximate surface area is 116 Å². The van der Waals surface area contributed by atoms with Crippen LogP contribution in [0.3, 0.4) is 0 Å². The summed E-state index contributed by atoms with van der Waals surface area (Å²) in [4.78, 5) is 1.11. The highest BCUT2D eigenvalue weighted by atomic mass is 32.2. The predicted octanol–water partition coefficient (Wildman–Crippen LogP) is 4.02. The molecule has 1 atom stereocenters. The Bertz CT molecular complexity index is 531. The van der Waals surface area contributed by atoms with Crippen LogP contribution in [0.5, 0.6) is 0 Å². The first-order valence-corrected chi connectivity index (χ1v) is 7.00. The number of halogens is 2. The van der Waals surface area contributed by atoms with Gasteiger partial charge in [-0.25, -0.2) is 8.78 Å². The third kappa shape index (κ3) is 3.55. The highest BCUT2D eigenvalue weighted by molar-refractivity contribution is 7.99. The van der Waals surface area contributed by atoms with E-state index >= 15 is 0 Å². The van der Waals surface area contributed by atoms with Crippen molar-refractivity contribution in [3.05, 3.63) is 65.7 Å². The van der Waals surface area contributed by atoms with Gasteiger partial charge in [0.15, 0.2) is 11.6 Å². The fourth-order valence-electron chi connectivity index (χ4n) is 1.81. The van der Waals surface area contributed by atoms with Crippen LogP contribution in [0.4, 0.5) is 8.78 Å². The van der Waals surface area contributed by atoms with E-state index in [-0.39, 0.29) is 6.04 Å². The lowest BCUT2D eigenvalue weighted by molar-refractivity contribution is 0.484. The monoisotopic (exact) mass is 279 g/mol. The Morgan fingerprint density at radius 3 is 2.47 bits per heavy atom. The Morgan fingerprint density at radius 1 is 1.05 bits per heavy atom. The molecule has 1 unspecified atom stereocenters. The summed E-state index contributed by atoms with van der Waals surface area (Å²) in [6.07, 6.45) is 0. The van der Waals surface area contributed by atoms with Gasteiger partial charge in [0.2, 0.25) is 0 Å². The molecule has 2 aromatic rings. The van der Waals surface area contributed by atoms with Gasteiger partial charge in [0.05, 0.1) is 0 Å². The van der Waals surface area contributed by atoms with Crippen molar-refractivity contribution in [2.75, 3.05) is 12.8 Å². The van der Waals surface area contributed by atoms with Gasteiger partial charge < -0.3 is 5.32 Å². The lowest BCUT2D eigenvalue weighted by atomic mass is 10.1. The van der Waals surface area contributed by atoms with Gasteiger partial charge in [0.1, 0.15) is 0 Å². The first kappa shape index (κ1) is 14.0. The molecular weight excluding hydrogens is 264 g/mol. The molecule has 0 radical (unpaired) electrons. The van der Waals surface area contributed by atoms with E-state index in [1.54, 1.807) is 24.9 Å². The Balaban J connectivity index is 2.10. The van der Waals surface area contributed by atoms with Crippen molar-refractivity contribution in [1.82, 2.24) is 5.32 Å². The van der Waals surface area contributed by atoms with E-state index in [0.717, 1.165) is 11.0 Å². The summed E-state index contributed by atoms with van der Waals surface area (Å²) in [6.45, 7) is 0. The summed E-state index contributed by atoms with van der Waals surface area (Å²) in [5, 5.41) is 3.03. The molecule has 0 aliphatic rings. The van der Waals surface area contributed by atoms with Crippen LogP contribution in [0.25, 0.3) is 0 Å². The summed E-state index contributed by atoms with van der Waals surface area (Å²) in [6, 6.07) is 13.9. The van der Waals surface area contributed by atoms with Crippen LogP contribution in [0, 0.1) is 11.6 Å². The van der Waals surface area contributed by atoms with Crippen LogP contribution >= 0.6 is 11.8 Å². The number of nitrogens with one attached hydrogen (secondary N) is 1. The zero-order chi connectivity index (χ0) is 13.7. The molecule has 100 valence electrons. The molecule has 0 aromatic heterocycles. The van der Waals surface area contributed by atoms with Gasteiger partial charge in [-0.3, -0.25) is 0 Å². The van der Waals surface area contributed by atoms with Crippen molar-refractivity contribution in [2.24, 2.45) is 0 Å². The van der Waals surface area contributed by atoms with Gasteiger partial charge in [0, 0.05) is 22.3 Å². The molecule has 1 nitrogen and oxygen atoms in total. The molecule has 0 aliphatic carbocycles. The first-order valence-electron chi connectivity index (χ1n) is 6.01. The fourth-order valence-corrected chi connectivity index (χ4v) is 2.87. The maximum absolute atomic E-state index is 13.7. The minimum Gasteiger partial charge on any atom is -0.312 e. The number of hydrogen-bond donors (Lipinski definition) is 1. The molecule has 0 saturated heterocycles. The molecule has 0 heterocycles. The zero-order valence-corrected chi connectivity index (χ0v) is 11.4. The second-order valence-electron chi connectivity index (χ2n) is 4.11. The minimum absolute atomic E-state index is 0.221. The Kier molecular flexibility index (Phi) is 4.93. The van der Waals surface area contributed by atoms with E-state index in [1.807, 2.05) is 30.3 Å². The van der Waals surface area contributed by atoms with E-state index in [4.69, 9.17) is 0 Å². The third-order valence-corrected chi connectivity index (χ3v) is 3.97. The van der Waals surface area contributed by atoms with Gasteiger partial charge in [-0.15, -0.1) is 11.8 Å². The lowest BCUT2D eigenvalue weighted by Gasteiger charge is -2.17. The molecule has 2 aromatic carbocycles. The zero-order valence-electron chi connectivity index (χ0n) is 10.6. The summed E-state index contributed by atoms with van der Waals surface area (Å²) in [7, 11) is 1.75. The second kappa shape index (κ2) is 6.68. The van der Waals surface area contributed by atoms with Gasteiger partial charge in [0.25, 0.3) is 0 Å². The summed E-state index contributed by atoms with van der Waals surface area (Å²) in [5.41, 5.74) is 0.367. The van der Waals surface area contributed by atoms with Crippen molar-refractivity contribution >= 4 is 11.8 Å². The van der Waals surface area contributed by atoms with Crippen molar-refractivity contribution < 1.29 is 8.78 Å². The molecule has 0 spiro atoms. The molecule has 1 N–H and O–H groups in total. The van der Waals surface area contributed by atoms with Gasteiger partial charge in [-0.1, -0.05) is 30.3 Å². The molecule has 0 aliphatic heterocycles. The van der Waals surface area contributed by atoms with E-state index in [0.29, 0.717) is 11.3 Å². The normalized spacial score (nSPS) is 12.4. The molecule has 0 bridgehead atoms. The Morgan fingerprint density at radius 2 is 1.79 bits per heavy atom. The quantitative estimate of drug-likeness (QED) is 0.830. The van der Waals surface area contributed by atoms with Gasteiger partial charge in [-0.05, 0) is 25.2 Å². The molecule has 2 rings (SSSR count). The predicted molar refractivity (Wildman–Crippen MR) is 75.3 cm³/mol. The average Bonchev–Trinajstić information content (AvgIpc) is 2.45. The molecular formula is C15H15F2NS. The maximum Gasteiger partial charge on any atom is 0.163 e. The molecule has 0 amide bonds. The van der Waals surface area contributed by atoms with E-state index in [9.17, 15) is 8.78 Å². The van der Waals surface area contributed by atoms with Crippen molar-refractivity contribution in [1.29, 1.82) is 0 Å². The van der Waals surface area contributed by atoms with Crippen LogP contribution in [-0.2, 0) is 0 Å². The first-order chi connectivity index (χ1) is 9.22. The smallest absolute Gasteiger partial charge is 0.163 e. The van der Waals surface area contributed by atoms with Crippen LogP contribution < -0.4 is 5.32 Å². The fraction of sp³-hybridized carbons (Fsp3) is 0.200. The van der Waals surface area contributed by atoms with E-state index < -0.39 is 11.6 Å². The molecule has 0 saturated carbocycles. The van der Waals surface area contributed by atoms with Gasteiger partial charge in [-0.2, -0.15) is 0 Å². The number of hydrogen-bond acceptors (Lipinski definition) is 2. The van der Waals surface area contributed by atoms with Crippen LogP contribution in [-0.4, -0.2) is 12.8 Å². The number of benzene rings is 2. The summed E-state index contributed by atoms with van der Waals surface area (Å²) < 4.78 is 27.0. The number of thioether (sulfide) groups is 1. The largest absolute Gasteiger partial charge is 0.312 e. The van der Waals surface area contributed by atoms with E-state index in [2.05, 4.69) is 5.32 Å². The van der Waals surface area contributed by atoms with Crippen LogP contribution in [0.2, 0.25) is 0 Å². The Hall–Kier alpha value is -1.39. The molecule has 4 heteroatoms. The van der Waals surface area contributed by atoms with Crippen LogP contribution in [0.1, 0.15) is 11.6 Å². The van der Waals surface area contributed by atoms with Crippen LogP contribution in [0.15, 0.2) is 53.4 Å². The molecule has 19 heavy (non-hydrogen) atoms. The summed E-state index contributed by atoms with van der Waals surface area (Å²) in [5.74, 6) is -0.932. The number of rotatable bonds is 5. The maximum atomic E-state index is 13.7. The second-order valence-corrected chi connectivity index (χ2v) is 5.20. The lowest BCUT2D eigenvalue weighted by Crippen LogP contribution is -2.20. The standard InChI is InChI=1S/C15H15F2NS/c1-18-14(10-19-11-6-3-2-4-7-11)12-8-5-9-13(16)15(12)17/h2-9,14,18H,10H2,1H3. The third-order valence-electron chi connectivity index (χ3n) is 2.87. The topological polar surface area (TPSA) is 12.0 Å². The minimum atomic E-state index is -0.803. The van der Waals surface area contributed by atoms with Crippen molar-refractivity contribution in [3.63, 3.8) is 0 Å². The molecule has 0 fully saturated rings. The van der Waals surface area contributed by atoms with Crippen molar-refractivity contribution in [2.45, 2.75) is 10.9 Å². The van der Waals surface area contributed by atoms with Gasteiger partial charge >= 0.3 is 0 Å². The highest BCUT2D eigenvalue weighted by Crippen LogP contribution is 2.26. The summed E-state index contributed by atoms with van der Waals surface area (Å²) >= 11 is 1.61. The van der Waals surface area contributed by atoms with Crippen molar-refractivity contribution in [3.8, 4) is 0 Å². The van der Waals surface area contributed by atoms with E-state index in [1.165, 1.54) is 6.07 Å². The SMILES string of the molecule is CNC(CSc1ccccc1)c1cccc(F)c1F. The average molecular weight is 279 g/mol.